The Morgan fingerprint density at radius 2 is 0.784 bits per heavy atom. The predicted octanol–water partition coefficient (Wildman–Crippen LogP) is 6.84. The van der Waals surface area contributed by atoms with Gasteiger partial charge in [0.25, 0.3) is 0 Å². The Balaban J connectivity index is 1.56. The summed E-state index contributed by atoms with van der Waals surface area (Å²) in [6.07, 6.45) is 0. The summed E-state index contributed by atoms with van der Waals surface area (Å²) in [6, 6.07) is 6.34. The summed E-state index contributed by atoms with van der Waals surface area (Å²) in [5.41, 5.74) is 8.59. The highest BCUT2D eigenvalue weighted by Gasteiger charge is 2.20. The molecule has 6 heteroatoms. The van der Waals surface area contributed by atoms with Gasteiger partial charge in [-0.3, -0.25) is 0 Å². The van der Waals surface area contributed by atoms with Gasteiger partial charge in [0.1, 0.15) is 22.6 Å². The van der Waals surface area contributed by atoms with Gasteiger partial charge in [-0.05, 0) is 146 Å². The molecule has 0 fully saturated rings. The van der Waals surface area contributed by atoms with Gasteiger partial charge in [-0.2, -0.15) is 0 Å². The van der Waals surface area contributed by atoms with E-state index >= 15 is 0 Å². The van der Waals surface area contributed by atoms with Crippen molar-refractivity contribution in [1.82, 2.24) is 0 Å². The van der Waals surface area contributed by atoms with Crippen LogP contribution in [-0.2, 0) is 9.47 Å². The Kier molecular flexibility index (Phi) is 6.63. The van der Waals surface area contributed by atoms with Crippen molar-refractivity contribution in [2.45, 2.75) is 55.4 Å². The van der Waals surface area contributed by atoms with Crippen LogP contribution in [0.15, 0.2) is 24.3 Å². The number of rotatable bonds is 4. The van der Waals surface area contributed by atoms with Gasteiger partial charge in [-0.25, -0.2) is 9.59 Å². The van der Waals surface area contributed by atoms with Crippen molar-refractivity contribution in [3.05, 3.63) is 79.9 Å². The first-order valence-electron chi connectivity index (χ1n) is 12.2. The number of benzene rings is 4. The maximum atomic E-state index is 12.7. The predicted molar refractivity (Wildman–Crippen MR) is 145 cm³/mol. The highest BCUT2D eigenvalue weighted by molar-refractivity contribution is 6.02. The molecule has 4 rings (SSSR count). The molecule has 0 amide bonds. The van der Waals surface area contributed by atoms with E-state index < -0.39 is 18.7 Å². The zero-order valence-electron chi connectivity index (χ0n) is 22.5. The van der Waals surface area contributed by atoms with Crippen molar-refractivity contribution >= 4 is 33.5 Å². The molecule has 0 atom stereocenters. The monoisotopic (exact) mass is 500 g/mol. The van der Waals surface area contributed by atoms with E-state index in [1.165, 1.54) is 0 Å². The first-order chi connectivity index (χ1) is 17.3. The Bertz CT molecular complexity index is 1510. The molecule has 4 aromatic rings. The van der Waals surface area contributed by atoms with E-state index in [1.807, 2.05) is 55.4 Å². The van der Waals surface area contributed by atoms with E-state index in [4.69, 9.17) is 9.47 Å². The van der Waals surface area contributed by atoms with Crippen LogP contribution in [-0.4, -0.2) is 28.9 Å². The zero-order chi connectivity index (χ0) is 27.3. The molecule has 0 spiro atoms. The maximum absolute atomic E-state index is 12.7. The normalized spacial score (nSPS) is 11.2. The molecule has 0 bridgehead atoms. The molecule has 192 valence electrons. The number of fused-ring (bicyclic) bond motifs is 2. The molecule has 0 aliphatic heterocycles. The lowest BCUT2D eigenvalue weighted by molar-refractivity contribution is -0.0169. The third kappa shape index (κ3) is 4.26. The Morgan fingerprint density at radius 1 is 0.514 bits per heavy atom. The Labute approximate surface area is 216 Å². The highest BCUT2D eigenvalue weighted by atomic mass is 16.7. The summed E-state index contributed by atoms with van der Waals surface area (Å²) < 4.78 is 10.3. The summed E-state index contributed by atoms with van der Waals surface area (Å²) in [4.78, 5) is 25.5. The standard InChI is InChI=1S/C31H32O6/c1-14-16(3)20(7)24-11-28(32)26(9-22(24)18(14)5)30(34)36-13-37-31(35)27-10-23-19(6)15(2)17(4)21(8)25(23)12-29(27)33/h9-12,32-33H,13H2,1-8H3. The Morgan fingerprint density at radius 3 is 1.08 bits per heavy atom. The lowest BCUT2D eigenvalue weighted by Gasteiger charge is -2.16. The smallest absolute Gasteiger partial charge is 0.344 e. The number of esters is 2. The van der Waals surface area contributed by atoms with Crippen molar-refractivity contribution in [2.75, 3.05) is 6.79 Å². The second-order valence-electron chi connectivity index (χ2n) is 9.81. The molecule has 0 unspecified atom stereocenters. The van der Waals surface area contributed by atoms with E-state index in [9.17, 15) is 19.8 Å². The van der Waals surface area contributed by atoms with Crippen molar-refractivity contribution < 1.29 is 29.3 Å². The van der Waals surface area contributed by atoms with Gasteiger partial charge in [0.05, 0.1) is 0 Å². The van der Waals surface area contributed by atoms with Gasteiger partial charge in [-0.15, -0.1) is 0 Å². The molecule has 37 heavy (non-hydrogen) atoms. The fourth-order valence-corrected chi connectivity index (χ4v) is 4.97. The van der Waals surface area contributed by atoms with Crippen LogP contribution in [0.3, 0.4) is 0 Å². The summed E-state index contributed by atoms with van der Waals surface area (Å²) in [5.74, 6) is -2.05. The number of phenols is 2. The molecule has 0 saturated heterocycles. The van der Waals surface area contributed by atoms with Crippen molar-refractivity contribution in [3.8, 4) is 11.5 Å². The van der Waals surface area contributed by atoms with Gasteiger partial charge < -0.3 is 19.7 Å². The lowest BCUT2D eigenvalue weighted by Crippen LogP contribution is -2.14. The molecule has 0 saturated carbocycles. The lowest BCUT2D eigenvalue weighted by atomic mass is 9.90. The van der Waals surface area contributed by atoms with Crippen LogP contribution in [0.2, 0.25) is 0 Å². The molecule has 6 nitrogen and oxygen atoms in total. The quantitative estimate of drug-likeness (QED) is 0.235. The van der Waals surface area contributed by atoms with Crippen LogP contribution in [0.25, 0.3) is 21.5 Å². The van der Waals surface area contributed by atoms with Crippen LogP contribution in [0.1, 0.15) is 65.2 Å². The molecular weight excluding hydrogens is 468 g/mol. The third-order valence-electron chi connectivity index (χ3n) is 8.08. The molecule has 0 aromatic heterocycles. The highest BCUT2D eigenvalue weighted by Crippen LogP contribution is 2.35. The number of carbonyl (C=O) groups excluding carboxylic acids is 2. The third-order valence-corrected chi connectivity index (χ3v) is 8.08. The van der Waals surface area contributed by atoms with Gasteiger partial charge >= 0.3 is 11.9 Å². The molecule has 0 radical (unpaired) electrons. The number of ether oxygens (including phenoxy) is 2. The number of carbonyl (C=O) groups is 2. The first kappa shape index (κ1) is 26.0. The second-order valence-corrected chi connectivity index (χ2v) is 9.81. The maximum Gasteiger partial charge on any atom is 0.344 e. The molecular formula is C31H32O6. The fourth-order valence-electron chi connectivity index (χ4n) is 4.97. The molecule has 0 aliphatic carbocycles. The van der Waals surface area contributed by atoms with Gasteiger partial charge in [0, 0.05) is 0 Å². The average Bonchev–Trinajstić information content (AvgIpc) is 2.87. The van der Waals surface area contributed by atoms with Gasteiger partial charge in [0.15, 0.2) is 0 Å². The van der Waals surface area contributed by atoms with E-state index in [-0.39, 0.29) is 22.6 Å². The van der Waals surface area contributed by atoms with E-state index in [0.717, 1.165) is 66.1 Å². The van der Waals surface area contributed by atoms with Crippen molar-refractivity contribution in [3.63, 3.8) is 0 Å². The average molecular weight is 501 g/mol. The Hall–Kier alpha value is -4.06. The minimum absolute atomic E-state index is 0.0141. The summed E-state index contributed by atoms with van der Waals surface area (Å²) in [5, 5.41) is 24.5. The number of aromatic hydroxyl groups is 2. The topological polar surface area (TPSA) is 93.1 Å². The minimum atomic E-state index is -0.817. The fraction of sp³-hybridized carbons (Fsp3) is 0.290. The van der Waals surface area contributed by atoms with Gasteiger partial charge in [0.2, 0.25) is 6.79 Å². The minimum Gasteiger partial charge on any atom is -0.507 e. The molecule has 2 N–H and O–H groups in total. The van der Waals surface area contributed by atoms with Crippen molar-refractivity contribution in [2.24, 2.45) is 0 Å². The summed E-state index contributed by atoms with van der Waals surface area (Å²) in [6.45, 7) is 15.3. The van der Waals surface area contributed by atoms with Crippen LogP contribution < -0.4 is 0 Å². The van der Waals surface area contributed by atoms with E-state index in [1.54, 1.807) is 24.3 Å². The number of hydrogen-bond acceptors (Lipinski definition) is 6. The second kappa shape index (κ2) is 9.43. The van der Waals surface area contributed by atoms with E-state index in [0.29, 0.717) is 0 Å². The largest absolute Gasteiger partial charge is 0.507 e. The van der Waals surface area contributed by atoms with Crippen molar-refractivity contribution in [1.29, 1.82) is 0 Å². The zero-order valence-corrected chi connectivity index (χ0v) is 22.5. The number of aryl methyl sites for hydroxylation is 4. The molecule has 0 heterocycles. The van der Waals surface area contributed by atoms with E-state index in [2.05, 4.69) is 0 Å². The molecule has 0 aliphatic rings. The van der Waals surface area contributed by atoms with Crippen LogP contribution in [0.5, 0.6) is 11.5 Å². The first-order valence-corrected chi connectivity index (χ1v) is 12.2. The SMILES string of the molecule is Cc1c(C)c(C)c2cc(C(=O)OCOC(=O)c3cc4c(C)c(C)c(C)c(C)c4cc3O)c(O)cc2c1C. The summed E-state index contributed by atoms with van der Waals surface area (Å²) in [7, 11) is 0. The number of phenolic OH excluding ortho intramolecular Hbond substituents is 2. The van der Waals surface area contributed by atoms with Crippen LogP contribution in [0, 0.1) is 55.4 Å². The summed E-state index contributed by atoms with van der Waals surface area (Å²) >= 11 is 0. The molecule has 4 aromatic carbocycles. The van der Waals surface area contributed by atoms with Gasteiger partial charge in [-0.1, -0.05) is 0 Å². The number of hydrogen-bond donors (Lipinski definition) is 2. The van der Waals surface area contributed by atoms with Crippen LogP contribution in [0.4, 0.5) is 0 Å². The van der Waals surface area contributed by atoms with Crippen LogP contribution >= 0.6 is 0 Å².